The first-order valence-corrected chi connectivity index (χ1v) is 5.48. The number of nitro groups is 1. The zero-order valence-electron chi connectivity index (χ0n) is 10.2. The molecular weight excluding hydrogens is 250 g/mol. The Kier molecular flexibility index (Phi) is 3.34. The van der Waals surface area contributed by atoms with Crippen molar-refractivity contribution in [1.82, 2.24) is 9.13 Å². The number of hydrogen-bond donors (Lipinski definition) is 2. The van der Waals surface area contributed by atoms with Gasteiger partial charge in [0.05, 0.1) is 11.5 Å². The molecule has 1 aromatic heterocycles. The number of anilines is 1. The molecule has 0 fully saturated rings. The van der Waals surface area contributed by atoms with Gasteiger partial charge in [-0.25, -0.2) is 4.79 Å². The summed E-state index contributed by atoms with van der Waals surface area (Å²) in [5.74, 6) is 5.21. The van der Waals surface area contributed by atoms with E-state index in [1.807, 2.05) is 0 Å². The van der Waals surface area contributed by atoms with Crippen molar-refractivity contribution in [3.05, 3.63) is 56.8 Å². The van der Waals surface area contributed by atoms with Crippen molar-refractivity contribution >= 4 is 11.4 Å². The quantitative estimate of drug-likeness (QED) is 0.472. The number of imidazole rings is 1. The lowest BCUT2D eigenvalue weighted by atomic mass is 10.1. The third-order valence-electron chi connectivity index (χ3n) is 2.78. The van der Waals surface area contributed by atoms with E-state index in [1.54, 1.807) is 25.5 Å². The normalized spacial score (nSPS) is 10.4. The summed E-state index contributed by atoms with van der Waals surface area (Å²) in [5, 5.41) is 10.9. The van der Waals surface area contributed by atoms with E-state index >= 15 is 0 Å². The van der Waals surface area contributed by atoms with E-state index in [9.17, 15) is 14.9 Å². The Morgan fingerprint density at radius 2 is 2.16 bits per heavy atom. The minimum absolute atomic E-state index is 0.121. The lowest BCUT2D eigenvalue weighted by Crippen LogP contribution is -2.22. The van der Waals surface area contributed by atoms with Gasteiger partial charge in [0.25, 0.3) is 5.69 Å². The van der Waals surface area contributed by atoms with Crippen molar-refractivity contribution in [3.8, 4) is 0 Å². The summed E-state index contributed by atoms with van der Waals surface area (Å²) in [6.07, 6.45) is 3.26. The zero-order valence-corrected chi connectivity index (χ0v) is 10.2. The molecule has 0 amide bonds. The number of aryl methyl sites for hydroxylation is 1. The molecule has 0 saturated carbocycles. The summed E-state index contributed by atoms with van der Waals surface area (Å²) < 4.78 is 2.90. The van der Waals surface area contributed by atoms with Crippen LogP contribution in [0.5, 0.6) is 0 Å². The van der Waals surface area contributed by atoms with Gasteiger partial charge in [-0.15, -0.1) is 0 Å². The average molecular weight is 263 g/mol. The molecule has 2 rings (SSSR count). The number of aromatic nitrogens is 2. The van der Waals surface area contributed by atoms with Crippen molar-refractivity contribution in [2.75, 3.05) is 5.43 Å². The fraction of sp³-hybridized carbons (Fsp3) is 0.182. The zero-order chi connectivity index (χ0) is 14.0. The van der Waals surface area contributed by atoms with Crippen molar-refractivity contribution in [2.24, 2.45) is 12.9 Å². The number of nitrogens with one attached hydrogen (secondary N) is 1. The summed E-state index contributed by atoms with van der Waals surface area (Å²) in [5.41, 5.74) is 2.85. The van der Waals surface area contributed by atoms with Gasteiger partial charge in [-0.1, -0.05) is 6.07 Å². The molecule has 0 atom stereocenters. The predicted octanol–water partition coefficient (Wildman–Crippen LogP) is 0.429. The van der Waals surface area contributed by atoms with Crippen LogP contribution in [0.1, 0.15) is 5.56 Å². The van der Waals surface area contributed by atoms with Crippen molar-refractivity contribution in [3.63, 3.8) is 0 Å². The number of nitro benzene ring substituents is 1. The minimum atomic E-state index is -0.521. The maximum atomic E-state index is 11.7. The summed E-state index contributed by atoms with van der Waals surface area (Å²) in [6, 6.07) is 4.59. The predicted molar refractivity (Wildman–Crippen MR) is 69.7 cm³/mol. The highest BCUT2D eigenvalue weighted by Crippen LogP contribution is 2.24. The third kappa shape index (κ3) is 2.47. The Hall–Kier alpha value is -2.61. The first kappa shape index (κ1) is 12.8. The summed E-state index contributed by atoms with van der Waals surface area (Å²) in [4.78, 5) is 22.0. The molecule has 2 aromatic rings. The van der Waals surface area contributed by atoms with Crippen LogP contribution in [-0.2, 0) is 13.6 Å². The van der Waals surface area contributed by atoms with Crippen LogP contribution in [0.15, 0.2) is 35.4 Å². The van der Waals surface area contributed by atoms with Crippen LogP contribution in [0, 0.1) is 10.1 Å². The molecule has 100 valence electrons. The van der Waals surface area contributed by atoms with Crippen molar-refractivity contribution in [2.45, 2.75) is 6.54 Å². The molecule has 3 N–H and O–H groups in total. The topological polar surface area (TPSA) is 108 Å². The molecule has 1 heterocycles. The largest absolute Gasteiger partial charge is 0.328 e. The van der Waals surface area contributed by atoms with E-state index in [4.69, 9.17) is 5.84 Å². The molecule has 8 heteroatoms. The van der Waals surface area contributed by atoms with E-state index in [0.717, 1.165) is 0 Å². The molecule has 0 spiro atoms. The van der Waals surface area contributed by atoms with Gasteiger partial charge >= 0.3 is 5.69 Å². The summed E-state index contributed by atoms with van der Waals surface area (Å²) in [7, 11) is 1.64. The summed E-state index contributed by atoms with van der Waals surface area (Å²) in [6.45, 7) is 0.269. The highest BCUT2D eigenvalue weighted by atomic mass is 16.6. The first-order chi connectivity index (χ1) is 9.02. The molecule has 19 heavy (non-hydrogen) atoms. The van der Waals surface area contributed by atoms with Crippen LogP contribution < -0.4 is 17.0 Å². The van der Waals surface area contributed by atoms with E-state index < -0.39 is 4.92 Å². The lowest BCUT2D eigenvalue weighted by Gasteiger charge is -2.05. The number of nitrogens with two attached hydrogens (primary N) is 1. The maximum Gasteiger partial charge on any atom is 0.328 e. The van der Waals surface area contributed by atoms with Gasteiger partial charge < -0.3 is 9.99 Å². The molecule has 0 aliphatic rings. The molecule has 0 radical (unpaired) electrons. The van der Waals surface area contributed by atoms with Gasteiger partial charge in [0.1, 0.15) is 5.69 Å². The van der Waals surface area contributed by atoms with Crippen LogP contribution in [0.3, 0.4) is 0 Å². The smallest absolute Gasteiger partial charge is 0.318 e. The molecule has 1 aromatic carbocycles. The van der Waals surface area contributed by atoms with Gasteiger partial charge in [0, 0.05) is 25.5 Å². The Bertz CT molecular complexity index is 673. The Morgan fingerprint density at radius 1 is 1.42 bits per heavy atom. The van der Waals surface area contributed by atoms with Gasteiger partial charge in [-0.3, -0.25) is 20.5 Å². The second kappa shape index (κ2) is 4.94. The molecule has 0 aliphatic heterocycles. The standard InChI is InChI=1S/C11H13N5O3/c1-14-4-5-15(11(14)17)7-8-2-3-9(13-12)10(6-8)16(18)19/h2-6,13H,7,12H2,1H3. The van der Waals surface area contributed by atoms with Gasteiger partial charge in [-0.05, 0) is 11.6 Å². The average Bonchev–Trinajstić information content (AvgIpc) is 2.70. The molecule has 0 unspecified atom stereocenters. The SMILES string of the molecule is Cn1ccn(Cc2ccc(NN)c([N+](=O)[O-])c2)c1=O. The second-order valence-corrected chi connectivity index (χ2v) is 4.07. The highest BCUT2D eigenvalue weighted by molar-refractivity contribution is 5.61. The number of rotatable bonds is 4. The number of nitrogens with zero attached hydrogens (tertiary/aromatic N) is 3. The molecule has 8 nitrogen and oxygen atoms in total. The van der Waals surface area contributed by atoms with Gasteiger partial charge in [-0.2, -0.15) is 0 Å². The van der Waals surface area contributed by atoms with Crippen molar-refractivity contribution in [1.29, 1.82) is 0 Å². The van der Waals surface area contributed by atoms with Crippen LogP contribution in [0.4, 0.5) is 11.4 Å². The number of hydrogen-bond acceptors (Lipinski definition) is 5. The Labute approximate surface area is 108 Å². The Balaban J connectivity index is 2.36. The second-order valence-electron chi connectivity index (χ2n) is 4.07. The molecular formula is C11H13N5O3. The number of nitrogen functional groups attached to an aromatic ring is 1. The van der Waals surface area contributed by atoms with Crippen LogP contribution in [-0.4, -0.2) is 14.1 Å². The fourth-order valence-corrected chi connectivity index (χ4v) is 1.78. The van der Waals surface area contributed by atoms with Crippen LogP contribution >= 0.6 is 0 Å². The third-order valence-corrected chi connectivity index (χ3v) is 2.78. The van der Waals surface area contributed by atoms with E-state index in [2.05, 4.69) is 5.43 Å². The lowest BCUT2D eigenvalue weighted by molar-refractivity contribution is -0.384. The molecule has 0 saturated heterocycles. The van der Waals surface area contributed by atoms with Gasteiger partial charge in [0.15, 0.2) is 0 Å². The van der Waals surface area contributed by atoms with Gasteiger partial charge in [0.2, 0.25) is 0 Å². The molecule has 0 bridgehead atoms. The van der Waals surface area contributed by atoms with E-state index in [1.165, 1.54) is 21.3 Å². The van der Waals surface area contributed by atoms with E-state index in [-0.39, 0.29) is 23.6 Å². The first-order valence-electron chi connectivity index (χ1n) is 5.48. The highest BCUT2D eigenvalue weighted by Gasteiger charge is 2.14. The molecule has 0 aliphatic carbocycles. The number of hydrazine groups is 1. The monoisotopic (exact) mass is 263 g/mol. The van der Waals surface area contributed by atoms with Crippen LogP contribution in [0.2, 0.25) is 0 Å². The maximum absolute atomic E-state index is 11.7. The fourth-order valence-electron chi connectivity index (χ4n) is 1.78. The minimum Gasteiger partial charge on any atom is -0.318 e. The van der Waals surface area contributed by atoms with Crippen LogP contribution in [0.25, 0.3) is 0 Å². The Morgan fingerprint density at radius 3 is 2.68 bits per heavy atom. The summed E-state index contributed by atoms with van der Waals surface area (Å²) >= 11 is 0. The number of benzene rings is 1. The van der Waals surface area contributed by atoms with Crippen molar-refractivity contribution < 1.29 is 4.92 Å². The van der Waals surface area contributed by atoms with E-state index in [0.29, 0.717) is 5.56 Å².